The highest BCUT2D eigenvalue weighted by atomic mass is 19.1. The number of anilines is 1. The lowest BCUT2D eigenvalue weighted by atomic mass is 10.1. The number of rotatable bonds is 2. The fourth-order valence-electron chi connectivity index (χ4n) is 2.16. The second-order valence-corrected chi connectivity index (χ2v) is 4.79. The van der Waals surface area contributed by atoms with Gasteiger partial charge in [-0.05, 0) is 55.5 Å². The van der Waals surface area contributed by atoms with Crippen LogP contribution in [0.5, 0.6) is 0 Å². The molecule has 0 spiro atoms. The van der Waals surface area contributed by atoms with Gasteiger partial charge in [-0.15, -0.1) is 0 Å². The third-order valence-electron chi connectivity index (χ3n) is 3.23. The van der Waals surface area contributed by atoms with Crippen molar-refractivity contribution in [3.8, 4) is 0 Å². The first kappa shape index (κ1) is 13.2. The standard InChI is InChI=1S/C17H13FN2O/c1-11-5-10-14-15(19-11)3-2-4-16(14)20-17(21)12-6-8-13(18)9-7-12/h2-10H,1H3,(H,20,21). The summed E-state index contributed by atoms with van der Waals surface area (Å²) in [6.45, 7) is 1.92. The molecular formula is C17H13FN2O. The molecule has 1 heterocycles. The summed E-state index contributed by atoms with van der Waals surface area (Å²) in [4.78, 5) is 16.6. The zero-order chi connectivity index (χ0) is 14.8. The van der Waals surface area contributed by atoms with Crippen molar-refractivity contribution in [1.29, 1.82) is 0 Å². The molecular weight excluding hydrogens is 267 g/mol. The lowest BCUT2D eigenvalue weighted by molar-refractivity contribution is 0.102. The largest absolute Gasteiger partial charge is 0.321 e. The van der Waals surface area contributed by atoms with Gasteiger partial charge < -0.3 is 5.32 Å². The number of amides is 1. The maximum atomic E-state index is 12.9. The lowest BCUT2D eigenvalue weighted by Crippen LogP contribution is -2.12. The number of aromatic nitrogens is 1. The number of carbonyl (C=O) groups is 1. The summed E-state index contributed by atoms with van der Waals surface area (Å²) in [6.07, 6.45) is 0. The minimum atomic E-state index is -0.364. The second-order valence-electron chi connectivity index (χ2n) is 4.79. The van der Waals surface area contributed by atoms with Crippen LogP contribution < -0.4 is 5.32 Å². The maximum absolute atomic E-state index is 12.9. The summed E-state index contributed by atoms with van der Waals surface area (Å²) in [6, 6.07) is 14.8. The molecule has 0 aliphatic rings. The number of nitrogens with zero attached hydrogens (tertiary/aromatic N) is 1. The quantitative estimate of drug-likeness (QED) is 0.772. The van der Waals surface area contributed by atoms with E-state index in [9.17, 15) is 9.18 Å². The van der Waals surface area contributed by atoms with E-state index in [-0.39, 0.29) is 11.7 Å². The van der Waals surface area contributed by atoms with Crippen LogP contribution in [0.15, 0.2) is 54.6 Å². The summed E-state index contributed by atoms with van der Waals surface area (Å²) in [5, 5.41) is 3.71. The predicted molar refractivity (Wildman–Crippen MR) is 80.8 cm³/mol. The second kappa shape index (κ2) is 5.32. The van der Waals surface area contributed by atoms with Crippen LogP contribution in [0.2, 0.25) is 0 Å². The van der Waals surface area contributed by atoms with E-state index in [1.807, 2.05) is 37.3 Å². The molecule has 0 bridgehead atoms. The van der Waals surface area contributed by atoms with Crippen LogP contribution in [-0.2, 0) is 0 Å². The summed E-state index contributed by atoms with van der Waals surface area (Å²) in [7, 11) is 0. The van der Waals surface area contributed by atoms with Gasteiger partial charge in [-0.25, -0.2) is 4.39 Å². The zero-order valence-electron chi connectivity index (χ0n) is 11.4. The third-order valence-corrected chi connectivity index (χ3v) is 3.23. The van der Waals surface area contributed by atoms with Crippen molar-refractivity contribution in [2.75, 3.05) is 5.32 Å². The molecule has 1 aromatic heterocycles. The van der Waals surface area contributed by atoms with Gasteiger partial charge in [0.15, 0.2) is 0 Å². The van der Waals surface area contributed by atoms with E-state index in [2.05, 4.69) is 10.3 Å². The van der Waals surface area contributed by atoms with Gasteiger partial charge in [-0.1, -0.05) is 6.07 Å². The number of pyridine rings is 1. The van der Waals surface area contributed by atoms with Crippen LogP contribution in [0.4, 0.5) is 10.1 Å². The Morgan fingerprint density at radius 1 is 1.05 bits per heavy atom. The van der Waals surface area contributed by atoms with Gasteiger partial charge in [-0.2, -0.15) is 0 Å². The van der Waals surface area contributed by atoms with E-state index < -0.39 is 0 Å². The van der Waals surface area contributed by atoms with Gasteiger partial charge in [0, 0.05) is 16.6 Å². The fraction of sp³-hybridized carbons (Fsp3) is 0.0588. The predicted octanol–water partition coefficient (Wildman–Crippen LogP) is 3.93. The molecule has 3 rings (SSSR count). The van der Waals surface area contributed by atoms with Crippen molar-refractivity contribution in [3.05, 3.63) is 71.7 Å². The fourth-order valence-corrected chi connectivity index (χ4v) is 2.16. The molecule has 0 unspecified atom stereocenters. The van der Waals surface area contributed by atoms with Gasteiger partial charge in [0.25, 0.3) is 5.91 Å². The van der Waals surface area contributed by atoms with E-state index in [0.29, 0.717) is 11.3 Å². The van der Waals surface area contributed by atoms with Crippen LogP contribution in [0.3, 0.4) is 0 Å². The molecule has 0 fully saturated rings. The molecule has 0 saturated carbocycles. The number of hydrogen-bond acceptors (Lipinski definition) is 2. The van der Waals surface area contributed by atoms with Crippen LogP contribution in [-0.4, -0.2) is 10.9 Å². The molecule has 4 heteroatoms. The first-order valence-corrected chi connectivity index (χ1v) is 6.57. The normalized spacial score (nSPS) is 10.6. The highest BCUT2D eigenvalue weighted by Gasteiger charge is 2.09. The van der Waals surface area contributed by atoms with Crippen molar-refractivity contribution in [2.45, 2.75) is 6.92 Å². The summed E-state index contributed by atoms with van der Waals surface area (Å²) < 4.78 is 12.9. The lowest BCUT2D eigenvalue weighted by Gasteiger charge is -2.09. The van der Waals surface area contributed by atoms with E-state index in [1.165, 1.54) is 24.3 Å². The number of carbonyl (C=O) groups excluding carboxylic acids is 1. The minimum absolute atomic E-state index is 0.275. The number of benzene rings is 2. The average Bonchev–Trinajstić information content (AvgIpc) is 2.47. The number of nitrogens with one attached hydrogen (secondary N) is 1. The molecule has 3 nitrogen and oxygen atoms in total. The Bertz CT molecular complexity index is 813. The van der Waals surface area contributed by atoms with Gasteiger partial charge >= 0.3 is 0 Å². The maximum Gasteiger partial charge on any atom is 0.255 e. The summed E-state index contributed by atoms with van der Waals surface area (Å²) in [5.74, 6) is -0.639. The van der Waals surface area contributed by atoms with E-state index in [4.69, 9.17) is 0 Å². The van der Waals surface area contributed by atoms with Gasteiger partial charge in [0.1, 0.15) is 5.82 Å². The Hall–Kier alpha value is -2.75. The Labute approximate surface area is 121 Å². The topological polar surface area (TPSA) is 42.0 Å². The summed E-state index contributed by atoms with van der Waals surface area (Å²) in [5.41, 5.74) is 2.85. The van der Waals surface area contributed by atoms with E-state index in [0.717, 1.165) is 16.6 Å². The number of aryl methyl sites for hydroxylation is 1. The average molecular weight is 280 g/mol. The molecule has 0 radical (unpaired) electrons. The van der Waals surface area contributed by atoms with Gasteiger partial charge in [0.2, 0.25) is 0 Å². The van der Waals surface area contributed by atoms with Crippen molar-refractivity contribution < 1.29 is 9.18 Å². The van der Waals surface area contributed by atoms with E-state index >= 15 is 0 Å². The molecule has 1 amide bonds. The highest BCUT2D eigenvalue weighted by molar-refractivity contribution is 6.08. The molecule has 1 N–H and O–H groups in total. The molecule has 3 aromatic rings. The van der Waals surface area contributed by atoms with Crippen LogP contribution >= 0.6 is 0 Å². The Balaban J connectivity index is 1.94. The molecule has 0 atom stereocenters. The van der Waals surface area contributed by atoms with Crippen molar-refractivity contribution in [2.24, 2.45) is 0 Å². The molecule has 0 aliphatic heterocycles. The van der Waals surface area contributed by atoms with Gasteiger partial charge in [0.05, 0.1) is 11.2 Å². The molecule has 0 aliphatic carbocycles. The molecule has 2 aromatic carbocycles. The van der Waals surface area contributed by atoms with Crippen molar-refractivity contribution >= 4 is 22.5 Å². The highest BCUT2D eigenvalue weighted by Crippen LogP contribution is 2.22. The van der Waals surface area contributed by atoms with Crippen LogP contribution in [0.1, 0.15) is 16.1 Å². The van der Waals surface area contributed by atoms with Crippen molar-refractivity contribution in [1.82, 2.24) is 4.98 Å². The number of hydrogen-bond donors (Lipinski definition) is 1. The SMILES string of the molecule is Cc1ccc2c(NC(=O)c3ccc(F)cc3)cccc2n1. The Morgan fingerprint density at radius 2 is 1.81 bits per heavy atom. The van der Waals surface area contributed by atoms with Crippen LogP contribution in [0, 0.1) is 12.7 Å². The first-order valence-electron chi connectivity index (χ1n) is 6.57. The number of halogens is 1. The third kappa shape index (κ3) is 2.74. The first-order chi connectivity index (χ1) is 10.1. The molecule has 0 saturated heterocycles. The molecule has 21 heavy (non-hydrogen) atoms. The zero-order valence-corrected chi connectivity index (χ0v) is 11.4. The number of fused-ring (bicyclic) bond motifs is 1. The van der Waals surface area contributed by atoms with Crippen LogP contribution in [0.25, 0.3) is 10.9 Å². The Morgan fingerprint density at radius 3 is 2.57 bits per heavy atom. The molecule has 104 valence electrons. The van der Waals surface area contributed by atoms with Crippen molar-refractivity contribution in [3.63, 3.8) is 0 Å². The smallest absolute Gasteiger partial charge is 0.255 e. The van der Waals surface area contributed by atoms with E-state index in [1.54, 1.807) is 0 Å². The van der Waals surface area contributed by atoms with Gasteiger partial charge in [-0.3, -0.25) is 9.78 Å². The minimum Gasteiger partial charge on any atom is -0.321 e. The monoisotopic (exact) mass is 280 g/mol. The Kier molecular flexibility index (Phi) is 3.36. The summed E-state index contributed by atoms with van der Waals surface area (Å²) >= 11 is 0.